The second-order valence-corrected chi connectivity index (χ2v) is 5.56. The third-order valence-electron chi connectivity index (χ3n) is 2.82. The smallest absolute Gasteiger partial charge is 0.339 e. The summed E-state index contributed by atoms with van der Waals surface area (Å²) in [6, 6.07) is 0. The molecule has 1 aliphatic heterocycles. The van der Waals surface area contributed by atoms with Gasteiger partial charge < -0.3 is 23.7 Å². The van der Waals surface area contributed by atoms with Crippen molar-refractivity contribution in [2.45, 2.75) is 50.2 Å². The van der Waals surface area contributed by atoms with Crippen LogP contribution in [-0.2, 0) is 42.9 Å². The number of hydrogen-bond acceptors (Lipinski definition) is 9. The van der Waals surface area contributed by atoms with E-state index in [2.05, 4.69) is 20.7 Å². The molecule has 0 radical (unpaired) electrons. The van der Waals surface area contributed by atoms with E-state index in [4.69, 9.17) is 18.9 Å². The van der Waals surface area contributed by atoms with E-state index in [0.29, 0.717) is 0 Å². The summed E-state index contributed by atoms with van der Waals surface area (Å²) in [5, 5.41) is -0.980. The lowest BCUT2D eigenvalue weighted by atomic mass is 9.99. The number of carbonyl (C=O) groups is 4. The summed E-state index contributed by atoms with van der Waals surface area (Å²) >= 11 is 3.11. The molecule has 9 nitrogen and oxygen atoms in total. The average molecular weight is 397 g/mol. The molecule has 0 aliphatic carbocycles. The van der Waals surface area contributed by atoms with Crippen molar-refractivity contribution in [3.63, 3.8) is 0 Å². The fraction of sp³-hybridized carbons (Fsp3) is 0.692. The second-order valence-electron chi connectivity index (χ2n) is 4.65. The Morgan fingerprint density at radius 2 is 1.26 bits per heavy atom. The van der Waals surface area contributed by atoms with Gasteiger partial charge in [0.2, 0.25) is 0 Å². The van der Waals surface area contributed by atoms with Crippen LogP contribution in [0, 0.1) is 0 Å². The Labute approximate surface area is 140 Å². The molecule has 10 heteroatoms. The maximum atomic E-state index is 11.9. The molecular weight excluding hydrogens is 380 g/mol. The molecule has 0 unspecified atom stereocenters. The largest absolute Gasteiger partial charge is 0.467 e. The number of alkyl halides is 1. The van der Waals surface area contributed by atoms with E-state index in [1.165, 1.54) is 0 Å². The summed E-state index contributed by atoms with van der Waals surface area (Å²) in [4.78, 5) is 45.8. The van der Waals surface area contributed by atoms with Gasteiger partial charge in [0.1, 0.15) is 0 Å². The van der Waals surface area contributed by atoms with E-state index in [1.54, 1.807) is 0 Å². The lowest BCUT2D eigenvalue weighted by molar-refractivity contribution is -0.234. The minimum Gasteiger partial charge on any atom is -0.467 e. The molecule has 0 N–H and O–H groups in total. The maximum Gasteiger partial charge on any atom is 0.339 e. The zero-order valence-corrected chi connectivity index (χ0v) is 14.5. The predicted octanol–water partition coefficient (Wildman–Crippen LogP) is 0.0743. The average Bonchev–Trinajstić information content (AvgIpc) is 2.43. The van der Waals surface area contributed by atoms with Crippen LogP contribution in [0.15, 0.2) is 0 Å². The lowest BCUT2D eigenvalue weighted by Gasteiger charge is -2.41. The minimum atomic E-state index is -1.36. The number of esters is 4. The summed E-state index contributed by atoms with van der Waals surface area (Å²) < 4.78 is 25.2. The van der Waals surface area contributed by atoms with Crippen LogP contribution in [0.5, 0.6) is 0 Å². The van der Waals surface area contributed by atoms with Crippen LogP contribution in [0.4, 0.5) is 0 Å². The van der Waals surface area contributed by atoms with E-state index >= 15 is 0 Å². The molecule has 0 spiro atoms. The first kappa shape index (κ1) is 19.4. The molecule has 1 fully saturated rings. The first-order chi connectivity index (χ1) is 10.7. The number of methoxy groups -OCH3 is 1. The lowest BCUT2D eigenvalue weighted by Crippen LogP contribution is -2.61. The molecule has 0 saturated carbocycles. The monoisotopic (exact) mass is 396 g/mol. The number of ether oxygens (including phenoxy) is 5. The number of carbonyl (C=O) groups excluding carboxylic acids is 4. The van der Waals surface area contributed by atoms with Gasteiger partial charge in [0.15, 0.2) is 29.4 Å². The molecule has 1 rings (SSSR count). The van der Waals surface area contributed by atoms with Gasteiger partial charge in [-0.05, 0) is 0 Å². The van der Waals surface area contributed by atoms with E-state index < -0.39 is 53.3 Å². The van der Waals surface area contributed by atoms with Crippen LogP contribution in [0.3, 0.4) is 0 Å². The highest BCUT2D eigenvalue weighted by molar-refractivity contribution is 9.09. The fourth-order valence-corrected chi connectivity index (χ4v) is 2.71. The van der Waals surface area contributed by atoms with Crippen molar-refractivity contribution in [1.29, 1.82) is 0 Å². The highest BCUT2D eigenvalue weighted by Gasteiger charge is 2.53. The summed E-state index contributed by atoms with van der Waals surface area (Å²) in [5.74, 6) is -2.95. The Bertz CT molecular complexity index is 492. The highest BCUT2D eigenvalue weighted by Crippen LogP contribution is 2.31. The van der Waals surface area contributed by atoms with E-state index in [1.807, 2.05) is 0 Å². The van der Waals surface area contributed by atoms with Gasteiger partial charge in [-0.15, -0.1) is 0 Å². The van der Waals surface area contributed by atoms with Crippen LogP contribution in [-0.4, -0.2) is 60.4 Å². The summed E-state index contributed by atoms with van der Waals surface area (Å²) in [7, 11) is 1.12. The van der Waals surface area contributed by atoms with Gasteiger partial charge in [0.05, 0.1) is 7.11 Å². The molecule has 1 saturated heterocycles. The zero-order chi connectivity index (χ0) is 17.7. The van der Waals surface area contributed by atoms with Crippen molar-refractivity contribution in [2.24, 2.45) is 0 Å². The van der Waals surface area contributed by atoms with Crippen LogP contribution in [0.1, 0.15) is 20.8 Å². The fourth-order valence-electron chi connectivity index (χ4n) is 2.07. The Hall–Kier alpha value is -1.68. The van der Waals surface area contributed by atoms with Crippen LogP contribution < -0.4 is 0 Å². The van der Waals surface area contributed by atoms with Gasteiger partial charge in [-0.2, -0.15) is 0 Å². The van der Waals surface area contributed by atoms with Crippen molar-refractivity contribution in [3.05, 3.63) is 0 Å². The molecule has 0 amide bonds. The molecular formula is C13H17BrO9. The van der Waals surface area contributed by atoms with Crippen molar-refractivity contribution in [2.75, 3.05) is 7.11 Å². The van der Waals surface area contributed by atoms with Crippen molar-refractivity contribution < 1.29 is 42.9 Å². The number of hydrogen-bond donors (Lipinski definition) is 0. The molecule has 5 atom stereocenters. The molecule has 0 bridgehead atoms. The third kappa shape index (κ3) is 5.17. The zero-order valence-electron chi connectivity index (χ0n) is 12.9. The summed E-state index contributed by atoms with van der Waals surface area (Å²) in [6.07, 6.45) is -5.06. The van der Waals surface area contributed by atoms with Gasteiger partial charge in [-0.25, -0.2) is 4.79 Å². The van der Waals surface area contributed by atoms with E-state index in [9.17, 15) is 19.2 Å². The molecule has 0 aromatic rings. The van der Waals surface area contributed by atoms with Gasteiger partial charge >= 0.3 is 23.9 Å². The van der Waals surface area contributed by atoms with Crippen LogP contribution >= 0.6 is 15.9 Å². The van der Waals surface area contributed by atoms with Crippen molar-refractivity contribution >= 4 is 39.8 Å². The quantitative estimate of drug-likeness (QED) is 0.369. The summed E-state index contributed by atoms with van der Waals surface area (Å²) in [6.45, 7) is 3.39. The molecule has 1 heterocycles. The van der Waals surface area contributed by atoms with Gasteiger partial charge in [0.25, 0.3) is 0 Å². The Morgan fingerprint density at radius 1 is 0.826 bits per heavy atom. The topological polar surface area (TPSA) is 114 Å². The normalized spacial score (nSPS) is 30.0. The van der Waals surface area contributed by atoms with Crippen molar-refractivity contribution in [3.8, 4) is 0 Å². The Kier molecular flexibility index (Phi) is 6.95. The molecule has 23 heavy (non-hydrogen) atoms. The van der Waals surface area contributed by atoms with E-state index in [0.717, 1.165) is 27.9 Å². The first-order valence-corrected chi connectivity index (χ1v) is 7.48. The molecule has 1 aliphatic rings. The van der Waals surface area contributed by atoms with Crippen LogP contribution in [0.25, 0.3) is 0 Å². The number of rotatable bonds is 4. The van der Waals surface area contributed by atoms with Crippen molar-refractivity contribution in [1.82, 2.24) is 0 Å². The maximum absolute atomic E-state index is 11.9. The second kappa shape index (κ2) is 8.25. The Morgan fingerprint density at radius 3 is 1.70 bits per heavy atom. The van der Waals surface area contributed by atoms with Gasteiger partial charge in [-0.3, -0.25) is 14.4 Å². The molecule has 0 aromatic carbocycles. The first-order valence-electron chi connectivity index (χ1n) is 6.56. The standard InChI is InChI=1S/C13H17BrO9/c1-5(15)20-8-9(21-6(2)16)11(13(18)19-4)23-12(14)10(8)22-7(3)17/h8-12H,1-4H3/t8-,9-,10+,11+,12+/m1/s1. The molecule has 130 valence electrons. The SMILES string of the molecule is COC(=O)[C@H]1O[C@H](Br)[C@@H](OC(C)=O)[C@H](OC(C)=O)[C@H]1OC(C)=O. The predicted molar refractivity (Wildman–Crippen MR) is 76.3 cm³/mol. The van der Waals surface area contributed by atoms with Gasteiger partial charge in [-0.1, -0.05) is 15.9 Å². The molecule has 0 aromatic heterocycles. The highest BCUT2D eigenvalue weighted by atomic mass is 79.9. The van der Waals surface area contributed by atoms with E-state index in [-0.39, 0.29) is 0 Å². The van der Waals surface area contributed by atoms with Gasteiger partial charge in [0, 0.05) is 20.8 Å². The van der Waals surface area contributed by atoms with Crippen LogP contribution in [0.2, 0.25) is 0 Å². The third-order valence-corrected chi connectivity index (χ3v) is 3.56. The Balaban J connectivity index is 3.21. The number of halogens is 1. The minimum absolute atomic E-state index is 0.668. The summed E-state index contributed by atoms with van der Waals surface area (Å²) in [5.41, 5.74) is 0.